The molecule has 0 fully saturated rings. The summed E-state index contributed by atoms with van der Waals surface area (Å²) in [5.41, 5.74) is 0.642. The molecule has 2 rings (SSSR count). The van der Waals surface area contributed by atoms with Crippen molar-refractivity contribution in [3.05, 3.63) is 41.6 Å². The van der Waals surface area contributed by atoms with Gasteiger partial charge in [0.1, 0.15) is 17.3 Å². The van der Waals surface area contributed by atoms with Crippen molar-refractivity contribution in [1.29, 1.82) is 0 Å². The highest BCUT2D eigenvalue weighted by molar-refractivity contribution is 14.0. The first-order valence-corrected chi connectivity index (χ1v) is 8.09. The van der Waals surface area contributed by atoms with Gasteiger partial charge in [-0.25, -0.2) is 4.98 Å². The predicted molar refractivity (Wildman–Crippen MR) is 112 cm³/mol. The number of methoxy groups -OCH3 is 1. The Hall–Kier alpha value is -1.97. The van der Waals surface area contributed by atoms with Crippen LogP contribution in [0.2, 0.25) is 0 Å². The Kier molecular flexibility index (Phi) is 8.19. The number of aliphatic imine (C=N–C) groups is 1. The van der Waals surface area contributed by atoms with Crippen molar-refractivity contribution in [3.63, 3.8) is 0 Å². The Labute approximate surface area is 171 Å². The fourth-order valence-electron chi connectivity index (χ4n) is 2.13. The van der Waals surface area contributed by atoms with Crippen molar-refractivity contribution in [2.75, 3.05) is 14.2 Å². The summed E-state index contributed by atoms with van der Waals surface area (Å²) in [6.45, 7) is 7.05. The van der Waals surface area contributed by atoms with Crippen LogP contribution in [0.4, 0.5) is 0 Å². The molecule has 7 nitrogen and oxygen atoms in total. The van der Waals surface area contributed by atoms with Crippen LogP contribution >= 0.6 is 24.0 Å². The molecule has 1 aromatic carbocycles. The average Bonchev–Trinajstić information content (AvgIpc) is 3.05. The first-order valence-electron chi connectivity index (χ1n) is 8.09. The number of hydrogen-bond acceptors (Lipinski definition) is 5. The first-order chi connectivity index (χ1) is 11.8. The number of nitrogens with zero attached hydrogens (tertiary/aromatic N) is 2. The Balaban J connectivity index is 0.00000338. The van der Waals surface area contributed by atoms with Gasteiger partial charge in [-0.3, -0.25) is 4.99 Å². The van der Waals surface area contributed by atoms with Gasteiger partial charge in [0.2, 0.25) is 5.89 Å². The highest BCUT2D eigenvalue weighted by Crippen LogP contribution is 2.23. The molecule has 26 heavy (non-hydrogen) atoms. The minimum atomic E-state index is -0.0743. The molecule has 1 aromatic heterocycles. The Morgan fingerprint density at radius 1 is 1.27 bits per heavy atom. The van der Waals surface area contributed by atoms with Crippen LogP contribution in [-0.4, -0.2) is 30.2 Å². The normalized spacial score (nSPS) is 11.7. The van der Waals surface area contributed by atoms with Crippen LogP contribution in [0, 0.1) is 0 Å². The van der Waals surface area contributed by atoms with E-state index in [0.717, 1.165) is 5.76 Å². The highest BCUT2D eigenvalue weighted by Gasteiger charge is 2.19. The molecule has 144 valence electrons. The SMILES string of the molecule is CN=C(NCc1ncc(C(C)(C)C)o1)NCc1cc(OC)ccc1O.I. The number of benzene rings is 1. The molecule has 8 heteroatoms. The molecule has 0 radical (unpaired) electrons. The van der Waals surface area contributed by atoms with Crippen molar-refractivity contribution < 1.29 is 14.3 Å². The molecular formula is C18H27IN4O3. The number of aromatic nitrogens is 1. The van der Waals surface area contributed by atoms with Gasteiger partial charge in [0.15, 0.2) is 5.96 Å². The summed E-state index contributed by atoms with van der Waals surface area (Å²) in [4.78, 5) is 8.43. The standard InChI is InChI=1S/C18H26N4O3.HI/c1-18(2,3)15-10-20-16(25-15)11-22-17(19-4)21-9-12-8-13(24-5)6-7-14(12)23;/h6-8,10,23H,9,11H2,1-5H3,(H2,19,21,22);1H. The smallest absolute Gasteiger partial charge is 0.213 e. The number of hydrogen-bond donors (Lipinski definition) is 3. The third kappa shape index (κ3) is 6.08. The number of phenolic OH excluding ortho intramolecular Hbond substituents is 1. The van der Waals surface area contributed by atoms with Crippen molar-refractivity contribution >= 4 is 29.9 Å². The zero-order valence-corrected chi connectivity index (χ0v) is 18.1. The highest BCUT2D eigenvalue weighted by atomic mass is 127. The number of nitrogens with one attached hydrogen (secondary N) is 2. The van der Waals surface area contributed by atoms with E-state index in [1.165, 1.54) is 0 Å². The fourth-order valence-corrected chi connectivity index (χ4v) is 2.13. The molecule has 0 aliphatic rings. The van der Waals surface area contributed by atoms with Crippen LogP contribution in [0.3, 0.4) is 0 Å². The molecule has 0 spiro atoms. The van der Waals surface area contributed by atoms with E-state index in [0.29, 0.717) is 36.3 Å². The van der Waals surface area contributed by atoms with Gasteiger partial charge in [0, 0.05) is 24.6 Å². The number of guanidine groups is 1. The van der Waals surface area contributed by atoms with Gasteiger partial charge in [-0.15, -0.1) is 24.0 Å². The lowest BCUT2D eigenvalue weighted by molar-refractivity contribution is 0.379. The van der Waals surface area contributed by atoms with Crippen LogP contribution in [-0.2, 0) is 18.5 Å². The van der Waals surface area contributed by atoms with Crippen LogP contribution in [0.5, 0.6) is 11.5 Å². The molecule has 0 saturated heterocycles. The molecule has 2 aromatic rings. The molecule has 0 amide bonds. The number of aromatic hydroxyl groups is 1. The number of oxazole rings is 1. The second-order valence-electron chi connectivity index (χ2n) is 6.64. The Morgan fingerprint density at radius 2 is 1.96 bits per heavy atom. The summed E-state index contributed by atoms with van der Waals surface area (Å²) < 4.78 is 10.9. The van der Waals surface area contributed by atoms with E-state index in [4.69, 9.17) is 9.15 Å². The molecular weight excluding hydrogens is 447 g/mol. The molecule has 0 atom stereocenters. The van der Waals surface area contributed by atoms with Crippen molar-refractivity contribution in [1.82, 2.24) is 15.6 Å². The van der Waals surface area contributed by atoms with Gasteiger partial charge in [0.25, 0.3) is 0 Å². The fraction of sp³-hybridized carbons (Fsp3) is 0.444. The van der Waals surface area contributed by atoms with Gasteiger partial charge in [-0.1, -0.05) is 20.8 Å². The third-order valence-electron chi connectivity index (χ3n) is 3.66. The van der Waals surface area contributed by atoms with Crippen LogP contribution in [0.25, 0.3) is 0 Å². The lowest BCUT2D eigenvalue weighted by Crippen LogP contribution is -2.36. The van der Waals surface area contributed by atoms with Gasteiger partial charge < -0.3 is 24.9 Å². The topological polar surface area (TPSA) is 91.9 Å². The summed E-state index contributed by atoms with van der Waals surface area (Å²) in [7, 11) is 3.27. The Bertz CT molecular complexity index is 738. The predicted octanol–water partition coefficient (Wildman–Crippen LogP) is 3.17. The molecule has 1 heterocycles. The van der Waals surface area contributed by atoms with Crippen LogP contribution in [0.1, 0.15) is 38.0 Å². The van der Waals surface area contributed by atoms with E-state index >= 15 is 0 Å². The number of ether oxygens (including phenoxy) is 1. The lowest BCUT2D eigenvalue weighted by Gasteiger charge is -2.14. The zero-order chi connectivity index (χ0) is 18.4. The van der Waals surface area contributed by atoms with E-state index in [1.807, 2.05) is 0 Å². The number of rotatable bonds is 5. The van der Waals surface area contributed by atoms with Gasteiger partial charge in [0.05, 0.1) is 19.9 Å². The minimum Gasteiger partial charge on any atom is -0.508 e. The largest absolute Gasteiger partial charge is 0.508 e. The molecule has 0 bridgehead atoms. The van der Waals surface area contributed by atoms with Gasteiger partial charge in [-0.05, 0) is 18.2 Å². The van der Waals surface area contributed by atoms with E-state index in [9.17, 15) is 5.11 Å². The van der Waals surface area contributed by atoms with Crippen LogP contribution < -0.4 is 15.4 Å². The number of halogens is 1. The van der Waals surface area contributed by atoms with E-state index < -0.39 is 0 Å². The molecule has 0 aliphatic carbocycles. The first kappa shape index (κ1) is 22.1. The molecule has 0 unspecified atom stereocenters. The van der Waals surface area contributed by atoms with E-state index in [-0.39, 0.29) is 35.1 Å². The third-order valence-corrected chi connectivity index (χ3v) is 3.66. The summed E-state index contributed by atoms with van der Waals surface area (Å²) >= 11 is 0. The monoisotopic (exact) mass is 474 g/mol. The summed E-state index contributed by atoms with van der Waals surface area (Å²) in [5, 5.41) is 16.2. The maximum Gasteiger partial charge on any atom is 0.213 e. The minimum absolute atomic E-state index is 0. The average molecular weight is 474 g/mol. The molecule has 0 saturated carbocycles. The van der Waals surface area contributed by atoms with Crippen LogP contribution in [0.15, 0.2) is 33.8 Å². The van der Waals surface area contributed by atoms with Crippen molar-refractivity contribution in [2.24, 2.45) is 4.99 Å². The second-order valence-corrected chi connectivity index (χ2v) is 6.64. The maximum atomic E-state index is 9.92. The molecule has 0 aliphatic heterocycles. The quantitative estimate of drug-likeness (QED) is 0.351. The van der Waals surface area contributed by atoms with Gasteiger partial charge in [-0.2, -0.15) is 0 Å². The van der Waals surface area contributed by atoms with Crippen molar-refractivity contribution in [3.8, 4) is 11.5 Å². The van der Waals surface area contributed by atoms with E-state index in [2.05, 4.69) is 41.4 Å². The number of phenols is 1. The summed E-state index contributed by atoms with van der Waals surface area (Å²) in [6.07, 6.45) is 1.75. The van der Waals surface area contributed by atoms with Gasteiger partial charge >= 0.3 is 0 Å². The lowest BCUT2D eigenvalue weighted by atomic mass is 9.94. The maximum absolute atomic E-state index is 9.92. The van der Waals surface area contributed by atoms with Crippen molar-refractivity contribution in [2.45, 2.75) is 39.3 Å². The zero-order valence-electron chi connectivity index (χ0n) is 15.8. The second kappa shape index (κ2) is 9.65. The summed E-state index contributed by atoms with van der Waals surface area (Å²) in [5.74, 6) is 2.90. The van der Waals surface area contributed by atoms with E-state index in [1.54, 1.807) is 38.6 Å². The Morgan fingerprint density at radius 3 is 2.54 bits per heavy atom. The molecule has 3 N–H and O–H groups in total. The summed E-state index contributed by atoms with van der Waals surface area (Å²) in [6, 6.07) is 5.09.